The molecule has 0 radical (unpaired) electrons. The number of imidazole rings is 1. The Morgan fingerprint density at radius 2 is 2.12 bits per heavy atom. The van der Waals surface area contributed by atoms with Crippen molar-refractivity contribution in [3.8, 4) is 0 Å². The van der Waals surface area contributed by atoms with Gasteiger partial charge in [0.1, 0.15) is 0 Å². The van der Waals surface area contributed by atoms with Crippen LogP contribution in [0.5, 0.6) is 0 Å². The molecule has 0 saturated carbocycles. The van der Waals surface area contributed by atoms with E-state index >= 15 is 0 Å². The number of benzene rings is 1. The second kappa shape index (κ2) is 4.92. The van der Waals surface area contributed by atoms with Gasteiger partial charge in [-0.2, -0.15) is 0 Å². The molecule has 3 nitrogen and oxygen atoms in total. The Hall–Kier alpha value is -1.29. The van der Waals surface area contributed by atoms with Crippen LogP contribution < -0.4 is 5.32 Å². The molecule has 0 aliphatic heterocycles. The average Bonchev–Trinajstić information content (AvgIpc) is 2.73. The summed E-state index contributed by atoms with van der Waals surface area (Å²) in [4.78, 5) is 4.33. The topological polar surface area (TPSA) is 29.9 Å². The van der Waals surface area contributed by atoms with Crippen molar-refractivity contribution >= 4 is 27.6 Å². The Labute approximate surface area is 110 Å². The molecule has 0 saturated heterocycles. The molecule has 0 aliphatic carbocycles. The summed E-state index contributed by atoms with van der Waals surface area (Å²) in [7, 11) is 0. The number of halogens is 1. The third-order valence-electron chi connectivity index (χ3n) is 2.66. The van der Waals surface area contributed by atoms with Crippen LogP contribution in [0.4, 0.5) is 11.6 Å². The van der Waals surface area contributed by atoms with Gasteiger partial charge in [0.05, 0.1) is 5.69 Å². The molecule has 0 atom stereocenters. The van der Waals surface area contributed by atoms with Crippen molar-refractivity contribution in [2.24, 2.45) is 0 Å². The Bertz CT molecular complexity index is 517. The van der Waals surface area contributed by atoms with E-state index in [1.807, 2.05) is 24.5 Å². The van der Waals surface area contributed by atoms with E-state index in [-0.39, 0.29) is 0 Å². The van der Waals surface area contributed by atoms with Crippen LogP contribution in [0.1, 0.15) is 25.5 Å². The number of hydrogen-bond acceptors (Lipinski definition) is 2. The van der Waals surface area contributed by atoms with Crippen molar-refractivity contribution < 1.29 is 0 Å². The van der Waals surface area contributed by atoms with Gasteiger partial charge in [0.2, 0.25) is 5.95 Å². The van der Waals surface area contributed by atoms with Crippen LogP contribution in [0.15, 0.2) is 35.1 Å². The Balaban J connectivity index is 2.32. The Morgan fingerprint density at radius 1 is 1.35 bits per heavy atom. The van der Waals surface area contributed by atoms with Gasteiger partial charge in [0.25, 0.3) is 0 Å². The second-order valence-electron chi connectivity index (χ2n) is 4.31. The predicted molar refractivity (Wildman–Crippen MR) is 74.8 cm³/mol. The van der Waals surface area contributed by atoms with Crippen molar-refractivity contribution in [2.45, 2.75) is 26.8 Å². The minimum absolute atomic E-state index is 0.392. The van der Waals surface area contributed by atoms with Gasteiger partial charge in [0.15, 0.2) is 0 Å². The van der Waals surface area contributed by atoms with E-state index in [0.717, 1.165) is 16.1 Å². The normalized spacial score (nSPS) is 10.9. The molecule has 0 amide bonds. The van der Waals surface area contributed by atoms with Crippen LogP contribution in [0, 0.1) is 6.92 Å². The van der Waals surface area contributed by atoms with Crippen LogP contribution in [-0.4, -0.2) is 9.55 Å². The molecule has 0 aliphatic rings. The SMILES string of the molecule is Cc1cccc(Nc2nccn2C(C)C)c1Br. The van der Waals surface area contributed by atoms with Crippen LogP contribution in [0.25, 0.3) is 0 Å². The smallest absolute Gasteiger partial charge is 0.207 e. The number of nitrogens with zero attached hydrogens (tertiary/aromatic N) is 2. The fourth-order valence-electron chi connectivity index (χ4n) is 1.69. The first-order chi connectivity index (χ1) is 8.09. The molecule has 2 aromatic rings. The van der Waals surface area contributed by atoms with Crippen molar-refractivity contribution in [3.05, 3.63) is 40.6 Å². The van der Waals surface area contributed by atoms with Gasteiger partial charge >= 0.3 is 0 Å². The van der Waals surface area contributed by atoms with E-state index in [4.69, 9.17) is 0 Å². The molecule has 1 heterocycles. The lowest BCUT2D eigenvalue weighted by Crippen LogP contribution is -2.05. The number of aromatic nitrogens is 2. The van der Waals surface area contributed by atoms with Crippen molar-refractivity contribution in [2.75, 3.05) is 5.32 Å². The summed E-state index contributed by atoms with van der Waals surface area (Å²) in [5.74, 6) is 0.867. The number of anilines is 2. The molecule has 17 heavy (non-hydrogen) atoms. The highest BCUT2D eigenvalue weighted by Gasteiger charge is 2.08. The lowest BCUT2D eigenvalue weighted by Gasteiger charge is -2.14. The van der Waals surface area contributed by atoms with Gasteiger partial charge in [-0.15, -0.1) is 0 Å². The minimum Gasteiger partial charge on any atom is -0.325 e. The zero-order valence-electron chi connectivity index (χ0n) is 10.2. The summed E-state index contributed by atoms with van der Waals surface area (Å²) in [6.07, 6.45) is 3.79. The standard InChI is InChI=1S/C13H16BrN3/c1-9(2)17-8-7-15-13(17)16-11-6-4-5-10(3)12(11)14/h4-9H,1-3H3,(H,15,16). The van der Waals surface area contributed by atoms with Gasteiger partial charge in [-0.25, -0.2) is 4.98 Å². The predicted octanol–water partition coefficient (Wildman–Crippen LogP) is 4.28. The first kappa shape index (κ1) is 12.2. The van der Waals surface area contributed by atoms with Gasteiger partial charge in [-0.1, -0.05) is 12.1 Å². The number of rotatable bonds is 3. The summed E-state index contributed by atoms with van der Waals surface area (Å²) < 4.78 is 3.19. The molecular weight excluding hydrogens is 278 g/mol. The Morgan fingerprint density at radius 3 is 2.82 bits per heavy atom. The van der Waals surface area contributed by atoms with Gasteiger partial charge in [-0.3, -0.25) is 0 Å². The summed E-state index contributed by atoms with van der Waals surface area (Å²) in [6, 6.07) is 6.54. The van der Waals surface area contributed by atoms with E-state index < -0.39 is 0 Å². The number of aryl methyl sites for hydroxylation is 1. The number of hydrogen-bond donors (Lipinski definition) is 1. The van der Waals surface area contributed by atoms with Crippen molar-refractivity contribution in [1.29, 1.82) is 0 Å². The molecule has 4 heteroatoms. The molecule has 90 valence electrons. The van der Waals surface area contributed by atoms with Gasteiger partial charge in [0, 0.05) is 22.9 Å². The molecule has 1 aromatic carbocycles. The van der Waals surface area contributed by atoms with Gasteiger partial charge in [-0.05, 0) is 48.3 Å². The number of nitrogens with one attached hydrogen (secondary N) is 1. The first-order valence-corrected chi connectivity index (χ1v) is 6.44. The maximum Gasteiger partial charge on any atom is 0.207 e. The van der Waals surface area contributed by atoms with Crippen LogP contribution >= 0.6 is 15.9 Å². The molecule has 2 rings (SSSR count). The highest BCUT2D eigenvalue weighted by molar-refractivity contribution is 9.10. The van der Waals surface area contributed by atoms with E-state index in [9.17, 15) is 0 Å². The maximum atomic E-state index is 4.33. The largest absolute Gasteiger partial charge is 0.325 e. The minimum atomic E-state index is 0.392. The third-order valence-corrected chi connectivity index (χ3v) is 3.72. The highest BCUT2D eigenvalue weighted by Crippen LogP contribution is 2.28. The van der Waals surface area contributed by atoms with E-state index in [1.54, 1.807) is 0 Å². The molecular formula is C13H16BrN3. The third kappa shape index (κ3) is 2.52. The fraction of sp³-hybridized carbons (Fsp3) is 0.308. The summed E-state index contributed by atoms with van der Waals surface area (Å²) in [6.45, 7) is 6.35. The quantitative estimate of drug-likeness (QED) is 0.915. The van der Waals surface area contributed by atoms with Crippen LogP contribution in [0.3, 0.4) is 0 Å². The van der Waals surface area contributed by atoms with Crippen LogP contribution in [0.2, 0.25) is 0 Å². The van der Waals surface area contributed by atoms with E-state index in [0.29, 0.717) is 6.04 Å². The van der Waals surface area contributed by atoms with Gasteiger partial charge < -0.3 is 9.88 Å². The van der Waals surface area contributed by atoms with E-state index in [1.165, 1.54) is 5.56 Å². The highest BCUT2D eigenvalue weighted by atomic mass is 79.9. The van der Waals surface area contributed by atoms with Crippen molar-refractivity contribution in [1.82, 2.24) is 9.55 Å². The second-order valence-corrected chi connectivity index (χ2v) is 5.11. The summed E-state index contributed by atoms with van der Waals surface area (Å²) in [5.41, 5.74) is 2.25. The van der Waals surface area contributed by atoms with E-state index in [2.05, 4.69) is 57.6 Å². The lowest BCUT2D eigenvalue weighted by atomic mass is 10.2. The summed E-state index contributed by atoms with van der Waals surface area (Å²) in [5, 5.41) is 3.35. The molecule has 0 spiro atoms. The zero-order valence-corrected chi connectivity index (χ0v) is 11.8. The Kier molecular flexibility index (Phi) is 3.52. The van der Waals surface area contributed by atoms with Crippen LogP contribution in [-0.2, 0) is 0 Å². The molecule has 0 unspecified atom stereocenters. The first-order valence-electron chi connectivity index (χ1n) is 5.64. The molecule has 0 fully saturated rings. The maximum absolute atomic E-state index is 4.33. The molecule has 1 N–H and O–H groups in total. The summed E-state index contributed by atoms with van der Waals surface area (Å²) >= 11 is 3.59. The molecule has 0 bridgehead atoms. The fourth-order valence-corrected chi connectivity index (χ4v) is 2.05. The average molecular weight is 294 g/mol. The monoisotopic (exact) mass is 293 g/mol. The zero-order chi connectivity index (χ0) is 12.4. The lowest BCUT2D eigenvalue weighted by molar-refractivity contribution is 0.608. The molecule has 1 aromatic heterocycles. The van der Waals surface area contributed by atoms with Crippen molar-refractivity contribution in [3.63, 3.8) is 0 Å².